The van der Waals surface area contributed by atoms with Crippen molar-refractivity contribution in [3.63, 3.8) is 0 Å². The minimum Gasteiger partial charge on any atom is -0.478 e. The Bertz CT molecular complexity index is 602. The molecule has 1 aromatic rings. The number of imide groups is 1. The van der Waals surface area contributed by atoms with Crippen LogP contribution in [-0.2, 0) is 14.3 Å². The van der Waals surface area contributed by atoms with Gasteiger partial charge in [-0.05, 0) is 37.5 Å². The SMILES string of the molecule is Cc1c(C(=O)O)cccc1N1C(=O)C2CCC(O2)C1=O. The number of ether oxygens (including phenoxy) is 1. The molecule has 104 valence electrons. The smallest absolute Gasteiger partial charge is 0.336 e. The first-order valence-electron chi connectivity index (χ1n) is 6.37. The van der Waals surface area contributed by atoms with Gasteiger partial charge in [0.1, 0.15) is 12.2 Å². The van der Waals surface area contributed by atoms with Crippen LogP contribution in [0.4, 0.5) is 5.69 Å². The van der Waals surface area contributed by atoms with Gasteiger partial charge in [0.2, 0.25) is 0 Å². The molecule has 0 aromatic heterocycles. The number of aromatic carboxylic acids is 1. The van der Waals surface area contributed by atoms with Crippen molar-refractivity contribution in [3.8, 4) is 0 Å². The van der Waals surface area contributed by atoms with E-state index in [0.29, 0.717) is 24.1 Å². The number of fused-ring (bicyclic) bond motifs is 2. The van der Waals surface area contributed by atoms with Crippen LogP contribution in [0.3, 0.4) is 0 Å². The third kappa shape index (κ3) is 1.72. The molecule has 0 aliphatic carbocycles. The average Bonchev–Trinajstić information content (AvgIpc) is 2.85. The van der Waals surface area contributed by atoms with Gasteiger partial charge in [-0.3, -0.25) is 9.59 Å². The van der Waals surface area contributed by atoms with Crippen molar-refractivity contribution in [2.75, 3.05) is 4.90 Å². The Kier molecular flexibility index (Phi) is 2.83. The van der Waals surface area contributed by atoms with E-state index in [9.17, 15) is 14.4 Å². The van der Waals surface area contributed by atoms with E-state index in [4.69, 9.17) is 9.84 Å². The fourth-order valence-corrected chi connectivity index (χ4v) is 2.73. The number of hydrogen-bond acceptors (Lipinski definition) is 4. The molecule has 1 N–H and O–H groups in total. The largest absolute Gasteiger partial charge is 0.478 e. The van der Waals surface area contributed by atoms with Gasteiger partial charge in [0.25, 0.3) is 11.8 Å². The van der Waals surface area contributed by atoms with E-state index >= 15 is 0 Å². The summed E-state index contributed by atoms with van der Waals surface area (Å²) in [5.74, 6) is -1.90. The predicted molar refractivity (Wildman–Crippen MR) is 68.5 cm³/mol. The number of amides is 2. The molecule has 0 radical (unpaired) electrons. The van der Waals surface area contributed by atoms with Gasteiger partial charge < -0.3 is 9.84 Å². The van der Waals surface area contributed by atoms with Gasteiger partial charge in [-0.25, -0.2) is 9.69 Å². The summed E-state index contributed by atoms with van der Waals surface area (Å²) in [5.41, 5.74) is 0.824. The highest BCUT2D eigenvalue weighted by Crippen LogP contribution is 2.33. The Balaban J connectivity index is 2.09. The fourth-order valence-electron chi connectivity index (χ4n) is 2.73. The lowest BCUT2D eigenvalue weighted by molar-refractivity contribution is -0.146. The molecule has 2 unspecified atom stereocenters. The van der Waals surface area contributed by atoms with Gasteiger partial charge in [-0.15, -0.1) is 0 Å². The van der Waals surface area contributed by atoms with Crippen LogP contribution in [0.15, 0.2) is 18.2 Å². The van der Waals surface area contributed by atoms with Gasteiger partial charge in [0, 0.05) is 0 Å². The molecule has 0 spiro atoms. The van der Waals surface area contributed by atoms with Crippen molar-refractivity contribution in [1.29, 1.82) is 0 Å². The first kappa shape index (κ1) is 12.8. The topological polar surface area (TPSA) is 83.9 Å². The van der Waals surface area contributed by atoms with Crippen LogP contribution in [0.2, 0.25) is 0 Å². The number of carbonyl (C=O) groups excluding carboxylic acids is 2. The van der Waals surface area contributed by atoms with Crippen molar-refractivity contribution in [2.45, 2.75) is 32.0 Å². The number of carboxylic acid groups (broad SMARTS) is 1. The zero-order chi connectivity index (χ0) is 14.4. The monoisotopic (exact) mass is 275 g/mol. The Morgan fingerprint density at radius 3 is 2.40 bits per heavy atom. The Hall–Kier alpha value is -2.21. The molecule has 6 heteroatoms. The lowest BCUT2D eigenvalue weighted by atomic mass is 10.0. The molecule has 2 aliphatic rings. The van der Waals surface area contributed by atoms with Crippen molar-refractivity contribution in [3.05, 3.63) is 29.3 Å². The molecule has 2 amide bonds. The van der Waals surface area contributed by atoms with Gasteiger partial charge in [-0.2, -0.15) is 0 Å². The maximum absolute atomic E-state index is 12.3. The third-order valence-corrected chi connectivity index (χ3v) is 3.79. The summed E-state index contributed by atoms with van der Waals surface area (Å²) in [6.45, 7) is 1.59. The Labute approximate surface area is 114 Å². The molecule has 6 nitrogen and oxygen atoms in total. The summed E-state index contributed by atoms with van der Waals surface area (Å²) in [5, 5.41) is 9.12. The Morgan fingerprint density at radius 2 is 1.85 bits per heavy atom. The van der Waals surface area contributed by atoms with Gasteiger partial charge in [0.05, 0.1) is 11.3 Å². The number of nitrogens with zero attached hydrogens (tertiary/aromatic N) is 1. The van der Waals surface area contributed by atoms with E-state index in [1.807, 2.05) is 0 Å². The minimum atomic E-state index is -1.08. The average molecular weight is 275 g/mol. The summed E-state index contributed by atoms with van der Waals surface area (Å²) >= 11 is 0. The number of hydrogen-bond donors (Lipinski definition) is 1. The molecule has 2 aliphatic heterocycles. The minimum absolute atomic E-state index is 0.0851. The summed E-state index contributed by atoms with van der Waals surface area (Å²) in [7, 11) is 0. The highest BCUT2D eigenvalue weighted by Gasteiger charge is 2.47. The van der Waals surface area contributed by atoms with E-state index in [-0.39, 0.29) is 5.56 Å². The van der Waals surface area contributed by atoms with Gasteiger partial charge >= 0.3 is 5.97 Å². The number of carboxylic acids is 1. The van der Waals surface area contributed by atoms with Crippen LogP contribution in [0.1, 0.15) is 28.8 Å². The predicted octanol–water partition coefficient (Wildman–Crippen LogP) is 1.11. The molecular weight excluding hydrogens is 262 g/mol. The van der Waals surface area contributed by atoms with E-state index in [2.05, 4.69) is 0 Å². The first-order valence-corrected chi connectivity index (χ1v) is 6.37. The van der Waals surface area contributed by atoms with Crippen molar-refractivity contribution in [2.24, 2.45) is 0 Å². The highest BCUT2D eigenvalue weighted by molar-refractivity contribution is 6.20. The number of morpholine rings is 1. The molecule has 3 rings (SSSR count). The van der Waals surface area contributed by atoms with Crippen molar-refractivity contribution < 1.29 is 24.2 Å². The zero-order valence-corrected chi connectivity index (χ0v) is 10.8. The van der Waals surface area contributed by atoms with Crippen molar-refractivity contribution in [1.82, 2.24) is 0 Å². The standard InChI is InChI=1S/C14H13NO5/c1-7-8(14(18)19)3-2-4-9(7)15-12(16)10-5-6-11(20-10)13(15)17/h2-4,10-11H,5-6H2,1H3,(H,18,19). The third-order valence-electron chi connectivity index (χ3n) is 3.79. The molecule has 2 atom stereocenters. The molecule has 20 heavy (non-hydrogen) atoms. The first-order chi connectivity index (χ1) is 9.50. The molecule has 2 saturated heterocycles. The van der Waals surface area contributed by atoms with Crippen LogP contribution >= 0.6 is 0 Å². The van der Waals surface area contributed by atoms with E-state index in [1.165, 1.54) is 12.1 Å². The molecule has 2 bridgehead atoms. The van der Waals surface area contributed by atoms with Gasteiger partial charge in [-0.1, -0.05) is 6.07 Å². The highest BCUT2D eigenvalue weighted by atomic mass is 16.5. The maximum atomic E-state index is 12.3. The molecule has 0 saturated carbocycles. The van der Waals surface area contributed by atoms with E-state index < -0.39 is 30.0 Å². The molecular formula is C14H13NO5. The van der Waals surface area contributed by atoms with E-state index in [0.717, 1.165) is 4.90 Å². The number of anilines is 1. The zero-order valence-electron chi connectivity index (χ0n) is 10.8. The summed E-state index contributed by atoms with van der Waals surface area (Å²) in [6, 6.07) is 4.57. The second kappa shape index (κ2) is 4.42. The molecule has 1 aromatic carbocycles. The number of carbonyl (C=O) groups is 3. The second-order valence-corrected chi connectivity index (χ2v) is 4.96. The summed E-state index contributed by atoms with van der Waals surface area (Å²) in [4.78, 5) is 36.7. The van der Waals surface area contributed by atoms with Crippen LogP contribution in [-0.4, -0.2) is 35.1 Å². The lowest BCUT2D eigenvalue weighted by Crippen LogP contribution is -2.52. The number of benzene rings is 1. The van der Waals surface area contributed by atoms with E-state index in [1.54, 1.807) is 13.0 Å². The summed E-state index contributed by atoms with van der Waals surface area (Å²) in [6.07, 6.45) is -0.122. The van der Waals surface area contributed by atoms with Crippen molar-refractivity contribution >= 4 is 23.5 Å². The molecule has 2 heterocycles. The number of rotatable bonds is 2. The normalized spacial score (nSPS) is 25.1. The second-order valence-electron chi connectivity index (χ2n) is 4.96. The maximum Gasteiger partial charge on any atom is 0.336 e. The van der Waals surface area contributed by atoms with Crippen LogP contribution in [0.5, 0.6) is 0 Å². The van der Waals surface area contributed by atoms with Crippen LogP contribution in [0, 0.1) is 6.92 Å². The van der Waals surface area contributed by atoms with Crippen LogP contribution in [0.25, 0.3) is 0 Å². The Morgan fingerprint density at radius 1 is 1.25 bits per heavy atom. The summed E-state index contributed by atoms with van der Waals surface area (Å²) < 4.78 is 5.33. The lowest BCUT2D eigenvalue weighted by Gasteiger charge is -2.31. The fraction of sp³-hybridized carbons (Fsp3) is 0.357. The molecule has 2 fully saturated rings. The quantitative estimate of drug-likeness (QED) is 0.817. The van der Waals surface area contributed by atoms with Gasteiger partial charge in [0.15, 0.2) is 0 Å². The van der Waals surface area contributed by atoms with Crippen LogP contribution < -0.4 is 4.90 Å².